The number of hydrogen-bond acceptors (Lipinski definition) is 2. The average molecular weight is 366 g/mol. The van der Waals surface area contributed by atoms with Crippen LogP contribution in [0.3, 0.4) is 0 Å². The lowest BCUT2D eigenvalue weighted by molar-refractivity contribution is -0.141. The summed E-state index contributed by atoms with van der Waals surface area (Å²) in [6.45, 7) is 0. The van der Waals surface area contributed by atoms with Crippen LogP contribution in [0.15, 0.2) is 42.7 Å². The fourth-order valence-corrected chi connectivity index (χ4v) is 2.96. The van der Waals surface area contributed by atoms with Gasteiger partial charge in [0.1, 0.15) is 11.3 Å². The van der Waals surface area contributed by atoms with E-state index in [9.17, 15) is 22.0 Å². The van der Waals surface area contributed by atoms with Gasteiger partial charge in [-0.2, -0.15) is 18.3 Å². The van der Waals surface area contributed by atoms with Crippen LogP contribution in [0.5, 0.6) is 0 Å². The summed E-state index contributed by atoms with van der Waals surface area (Å²) in [4.78, 5) is 3.59. The summed E-state index contributed by atoms with van der Waals surface area (Å²) in [5, 5.41) is 4.81. The first-order valence-electron chi connectivity index (χ1n) is 7.55. The van der Waals surface area contributed by atoms with E-state index in [2.05, 4.69) is 10.1 Å². The Hall–Kier alpha value is -2.97. The van der Waals surface area contributed by atoms with Crippen LogP contribution in [0.1, 0.15) is 17.7 Å². The molecule has 26 heavy (non-hydrogen) atoms. The first-order chi connectivity index (χ1) is 12.3. The lowest BCUT2D eigenvalue weighted by Gasteiger charge is -2.08. The summed E-state index contributed by atoms with van der Waals surface area (Å²) in [5.41, 5.74) is -0.434. The van der Waals surface area contributed by atoms with Crippen molar-refractivity contribution in [2.75, 3.05) is 0 Å². The van der Waals surface area contributed by atoms with Gasteiger partial charge in [-0.15, -0.1) is 0 Å². The van der Waals surface area contributed by atoms with Crippen LogP contribution in [0.25, 0.3) is 27.6 Å². The Morgan fingerprint density at radius 2 is 1.85 bits per heavy atom. The van der Waals surface area contributed by atoms with Gasteiger partial charge in [-0.1, -0.05) is 0 Å². The monoisotopic (exact) mass is 366 g/mol. The van der Waals surface area contributed by atoms with Crippen molar-refractivity contribution in [1.82, 2.24) is 19.3 Å². The molecule has 0 atom stereocenters. The van der Waals surface area contributed by atoms with E-state index in [1.54, 1.807) is 36.1 Å². The van der Waals surface area contributed by atoms with Gasteiger partial charge in [0.15, 0.2) is 0 Å². The molecule has 0 aliphatic rings. The number of aryl methyl sites for hydroxylation is 1. The molecular formula is C17H11F5N4. The molecule has 134 valence electrons. The van der Waals surface area contributed by atoms with E-state index in [0.29, 0.717) is 11.8 Å². The van der Waals surface area contributed by atoms with Crippen molar-refractivity contribution in [2.45, 2.75) is 12.6 Å². The first kappa shape index (κ1) is 16.5. The van der Waals surface area contributed by atoms with Crippen molar-refractivity contribution in [1.29, 1.82) is 0 Å². The summed E-state index contributed by atoms with van der Waals surface area (Å²) < 4.78 is 68.6. The molecule has 4 rings (SSSR count). The fraction of sp³-hybridized carbons (Fsp3) is 0.176. The molecule has 0 saturated carbocycles. The lowest BCUT2D eigenvalue weighted by atomic mass is 10.2. The maximum absolute atomic E-state index is 13.3. The Labute approximate surface area is 143 Å². The van der Waals surface area contributed by atoms with Crippen molar-refractivity contribution in [3.8, 4) is 5.69 Å². The maximum Gasteiger partial charge on any atom is 0.433 e. The molecule has 3 heterocycles. The molecule has 4 aromatic rings. The van der Waals surface area contributed by atoms with Crippen LogP contribution < -0.4 is 0 Å². The minimum Gasteiger partial charge on any atom is -0.301 e. The van der Waals surface area contributed by atoms with Gasteiger partial charge in [0.25, 0.3) is 6.43 Å². The Morgan fingerprint density at radius 3 is 2.54 bits per heavy atom. The molecule has 0 bridgehead atoms. The van der Waals surface area contributed by atoms with Gasteiger partial charge < -0.3 is 4.57 Å². The van der Waals surface area contributed by atoms with Gasteiger partial charge >= 0.3 is 6.18 Å². The van der Waals surface area contributed by atoms with Crippen molar-refractivity contribution in [3.05, 3.63) is 54.0 Å². The van der Waals surface area contributed by atoms with Crippen molar-refractivity contribution in [2.24, 2.45) is 7.05 Å². The van der Waals surface area contributed by atoms with Gasteiger partial charge in [0, 0.05) is 35.3 Å². The number of alkyl halides is 5. The fourth-order valence-electron chi connectivity index (χ4n) is 2.96. The van der Waals surface area contributed by atoms with Crippen LogP contribution in [0.4, 0.5) is 22.0 Å². The molecule has 3 aromatic heterocycles. The molecule has 0 fully saturated rings. The SMILES string of the molecule is Cn1ncc2cc(-n3cc(C(F)F)c4ccc(C(F)(F)F)nc43)ccc21. The minimum atomic E-state index is -4.67. The Balaban J connectivity index is 1.99. The third kappa shape index (κ3) is 2.51. The highest BCUT2D eigenvalue weighted by Crippen LogP contribution is 2.34. The zero-order valence-electron chi connectivity index (χ0n) is 13.3. The third-order valence-corrected chi connectivity index (χ3v) is 4.22. The van der Waals surface area contributed by atoms with E-state index in [1.165, 1.54) is 4.57 Å². The quantitative estimate of drug-likeness (QED) is 0.475. The number of benzene rings is 1. The molecule has 1 aromatic carbocycles. The topological polar surface area (TPSA) is 35.6 Å². The second-order valence-corrected chi connectivity index (χ2v) is 5.83. The number of fused-ring (bicyclic) bond motifs is 2. The first-order valence-corrected chi connectivity index (χ1v) is 7.55. The van der Waals surface area contributed by atoms with Crippen molar-refractivity contribution < 1.29 is 22.0 Å². The number of rotatable bonds is 2. The Kier molecular flexibility index (Phi) is 3.50. The van der Waals surface area contributed by atoms with Gasteiger partial charge in [0.2, 0.25) is 0 Å². The van der Waals surface area contributed by atoms with E-state index in [-0.39, 0.29) is 16.6 Å². The highest BCUT2D eigenvalue weighted by molar-refractivity contribution is 5.85. The zero-order valence-corrected chi connectivity index (χ0v) is 13.3. The minimum absolute atomic E-state index is 0.0146. The maximum atomic E-state index is 13.3. The van der Waals surface area contributed by atoms with Crippen LogP contribution in [-0.2, 0) is 13.2 Å². The van der Waals surface area contributed by atoms with E-state index >= 15 is 0 Å². The number of hydrogen-bond donors (Lipinski definition) is 0. The zero-order chi connectivity index (χ0) is 18.6. The van der Waals surface area contributed by atoms with Gasteiger partial charge in [-0.05, 0) is 30.3 Å². The predicted octanol–water partition coefficient (Wildman–Crippen LogP) is 4.87. The van der Waals surface area contributed by atoms with E-state index < -0.39 is 18.3 Å². The number of halogens is 5. The second-order valence-electron chi connectivity index (χ2n) is 5.83. The molecule has 0 aliphatic heterocycles. The summed E-state index contributed by atoms with van der Waals surface area (Å²) in [7, 11) is 1.75. The molecular weight excluding hydrogens is 355 g/mol. The van der Waals surface area contributed by atoms with Crippen molar-refractivity contribution in [3.63, 3.8) is 0 Å². The summed E-state index contributed by atoms with van der Waals surface area (Å²) in [6.07, 6.45) is -4.78. The largest absolute Gasteiger partial charge is 0.433 e. The Bertz CT molecular complexity index is 1120. The molecule has 0 radical (unpaired) electrons. The molecule has 9 heteroatoms. The second kappa shape index (κ2) is 5.52. The smallest absolute Gasteiger partial charge is 0.301 e. The highest BCUT2D eigenvalue weighted by atomic mass is 19.4. The summed E-state index contributed by atoms with van der Waals surface area (Å²) in [5.74, 6) is 0. The summed E-state index contributed by atoms with van der Waals surface area (Å²) in [6, 6.07) is 6.76. The van der Waals surface area contributed by atoms with E-state index in [4.69, 9.17) is 0 Å². The number of nitrogens with zero attached hydrogens (tertiary/aromatic N) is 4. The van der Waals surface area contributed by atoms with Gasteiger partial charge in [-0.3, -0.25) is 4.68 Å². The molecule has 0 saturated heterocycles. The standard InChI is InChI=1S/C17H11F5N4/c1-25-13-4-2-10(6-9(13)7-23-25)26-8-12(15(18)19)11-3-5-14(17(20,21)22)24-16(11)26/h2-8,15H,1H3. The normalized spacial score (nSPS) is 12.6. The lowest BCUT2D eigenvalue weighted by Crippen LogP contribution is -2.08. The van der Waals surface area contributed by atoms with Gasteiger partial charge in [0.05, 0.1) is 11.7 Å². The van der Waals surface area contributed by atoms with Crippen molar-refractivity contribution >= 4 is 21.9 Å². The van der Waals surface area contributed by atoms with E-state index in [0.717, 1.165) is 23.2 Å². The molecule has 0 N–H and O–H groups in total. The predicted molar refractivity (Wildman–Crippen MR) is 85.3 cm³/mol. The van der Waals surface area contributed by atoms with Crippen LogP contribution >= 0.6 is 0 Å². The number of aromatic nitrogens is 4. The molecule has 0 aliphatic carbocycles. The third-order valence-electron chi connectivity index (χ3n) is 4.22. The highest BCUT2D eigenvalue weighted by Gasteiger charge is 2.33. The summed E-state index contributed by atoms with van der Waals surface area (Å²) >= 11 is 0. The van der Waals surface area contributed by atoms with Crippen LogP contribution in [0, 0.1) is 0 Å². The molecule has 0 spiro atoms. The number of pyridine rings is 1. The van der Waals surface area contributed by atoms with Crippen LogP contribution in [0.2, 0.25) is 0 Å². The average Bonchev–Trinajstić information content (AvgIpc) is 3.14. The van der Waals surface area contributed by atoms with Crippen LogP contribution in [-0.4, -0.2) is 19.3 Å². The van der Waals surface area contributed by atoms with Gasteiger partial charge in [-0.25, -0.2) is 13.8 Å². The molecule has 0 amide bonds. The Morgan fingerprint density at radius 1 is 1.08 bits per heavy atom. The van der Waals surface area contributed by atoms with E-state index in [1.807, 2.05) is 0 Å². The molecule has 4 nitrogen and oxygen atoms in total. The molecule has 0 unspecified atom stereocenters.